The quantitative estimate of drug-likeness (QED) is 0.576. The molecule has 0 saturated carbocycles. The second kappa shape index (κ2) is 7.55. The van der Waals surface area contributed by atoms with E-state index in [1.807, 2.05) is 0 Å². The third-order valence-electron chi connectivity index (χ3n) is 4.32. The van der Waals surface area contributed by atoms with Crippen molar-refractivity contribution in [3.8, 4) is 0 Å². The minimum absolute atomic E-state index is 0.282. The number of imide groups is 1. The second-order valence-electron chi connectivity index (χ2n) is 6.17. The van der Waals surface area contributed by atoms with Gasteiger partial charge in [-0.1, -0.05) is 47.5 Å². The van der Waals surface area contributed by atoms with Crippen LogP contribution in [-0.2, 0) is 9.59 Å². The molecule has 3 aromatic rings. The van der Waals surface area contributed by atoms with Crippen molar-refractivity contribution in [2.24, 2.45) is 0 Å². The van der Waals surface area contributed by atoms with Crippen molar-refractivity contribution in [1.29, 1.82) is 0 Å². The standard InChI is InChI=1S/C19H11Cl2N3O4S/c20-11-6-13-14(7-12(11)21)24(8-22-13)16(18(26)27)10-3-1-9(2-4-10)5-15-17(25)23-19(28)29-15/h1-8,16H,(H,26,27)(H,23,25,28). The topological polar surface area (TPSA) is 101 Å². The Morgan fingerprint density at radius 1 is 1.17 bits per heavy atom. The zero-order valence-corrected chi connectivity index (χ0v) is 16.8. The molecule has 0 spiro atoms. The van der Waals surface area contributed by atoms with E-state index in [0.29, 0.717) is 32.2 Å². The number of amides is 2. The molecule has 10 heteroatoms. The molecule has 1 saturated heterocycles. The number of halogens is 2. The molecule has 1 aromatic heterocycles. The average Bonchev–Trinajstić information content (AvgIpc) is 3.19. The molecule has 1 aliphatic heterocycles. The number of carboxylic acids is 1. The molecule has 7 nitrogen and oxygen atoms in total. The van der Waals surface area contributed by atoms with Crippen molar-refractivity contribution in [3.63, 3.8) is 0 Å². The fourth-order valence-corrected chi connectivity index (χ4v) is 4.00. The van der Waals surface area contributed by atoms with Gasteiger partial charge < -0.3 is 9.67 Å². The van der Waals surface area contributed by atoms with Crippen LogP contribution in [0.1, 0.15) is 17.2 Å². The van der Waals surface area contributed by atoms with E-state index in [4.69, 9.17) is 23.2 Å². The summed E-state index contributed by atoms with van der Waals surface area (Å²) >= 11 is 12.9. The number of benzene rings is 2. The summed E-state index contributed by atoms with van der Waals surface area (Å²) in [6.45, 7) is 0. The van der Waals surface area contributed by atoms with Crippen LogP contribution in [0.2, 0.25) is 10.0 Å². The molecule has 4 rings (SSSR count). The zero-order valence-electron chi connectivity index (χ0n) is 14.4. The van der Waals surface area contributed by atoms with E-state index in [9.17, 15) is 19.5 Å². The summed E-state index contributed by atoms with van der Waals surface area (Å²) in [5.41, 5.74) is 2.23. The molecule has 0 radical (unpaired) electrons. The summed E-state index contributed by atoms with van der Waals surface area (Å²) in [6.07, 6.45) is 3.00. The Balaban J connectivity index is 1.71. The SMILES string of the molecule is O=C1NC(=O)C(=Cc2ccc(C(C(=O)O)n3cnc4cc(Cl)c(Cl)cc43)cc2)S1. The van der Waals surface area contributed by atoms with E-state index in [0.717, 1.165) is 11.8 Å². The van der Waals surface area contributed by atoms with Gasteiger partial charge in [0.2, 0.25) is 0 Å². The minimum atomic E-state index is -1.07. The van der Waals surface area contributed by atoms with Gasteiger partial charge in [-0.2, -0.15) is 0 Å². The number of hydrogen-bond donors (Lipinski definition) is 2. The summed E-state index contributed by atoms with van der Waals surface area (Å²) in [7, 11) is 0. The van der Waals surface area contributed by atoms with Crippen molar-refractivity contribution in [2.75, 3.05) is 0 Å². The highest BCUT2D eigenvalue weighted by molar-refractivity contribution is 8.18. The molecule has 1 unspecified atom stereocenters. The minimum Gasteiger partial charge on any atom is -0.479 e. The first-order chi connectivity index (χ1) is 13.8. The smallest absolute Gasteiger partial charge is 0.331 e. The highest BCUT2D eigenvalue weighted by Crippen LogP contribution is 2.31. The fourth-order valence-electron chi connectivity index (χ4n) is 3.00. The fraction of sp³-hybridized carbons (Fsp3) is 0.0526. The number of carbonyl (C=O) groups excluding carboxylic acids is 2. The lowest BCUT2D eigenvalue weighted by Crippen LogP contribution is -2.19. The molecular formula is C19H11Cl2N3O4S. The maximum absolute atomic E-state index is 12.0. The van der Waals surface area contributed by atoms with E-state index in [1.165, 1.54) is 10.9 Å². The highest BCUT2D eigenvalue weighted by Gasteiger charge is 2.26. The van der Waals surface area contributed by atoms with Crippen LogP contribution < -0.4 is 5.32 Å². The number of hydrogen-bond acceptors (Lipinski definition) is 5. The van der Waals surface area contributed by atoms with Crippen LogP contribution in [-0.4, -0.2) is 31.8 Å². The second-order valence-corrected chi connectivity index (χ2v) is 8.00. The van der Waals surface area contributed by atoms with Gasteiger partial charge in [-0.3, -0.25) is 14.9 Å². The lowest BCUT2D eigenvalue weighted by Gasteiger charge is -2.16. The lowest BCUT2D eigenvalue weighted by atomic mass is 10.0. The van der Waals surface area contributed by atoms with Gasteiger partial charge in [0.15, 0.2) is 6.04 Å². The van der Waals surface area contributed by atoms with E-state index in [2.05, 4.69) is 10.3 Å². The van der Waals surface area contributed by atoms with Crippen LogP contribution in [0.5, 0.6) is 0 Å². The maximum Gasteiger partial charge on any atom is 0.331 e. The van der Waals surface area contributed by atoms with Crippen LogP contribution in [0.3, 0.4) is 0 Å². The van der Waals surface area contributed by atoms with Crippen molar-refractivity contribution >= 4 is 69.2 Å². The number of carboxylic acid groups (broad SMARTS) is 1. The van der Waals surface area contributed by atoms with Gasteiger partial charge in [0.25, 0.3) is 11.1 Å². The van der Waals surface area contributed by atoms with E-state index in [1.54, 1.807) is 42.5 Å². The molecule has 1 fully saturated rings. The molecule has 0 bridgehead atoms. The molecule has 29 heavy (non-hydrogen) atoms. The summed E-state index contributed by atoms with van der Waals surface area (Å²) < 4.78 is 1.51. The number of aliphatic carboxylic acids is 1. The van der Waals surface area contributed by atoms with E-state index >= 15 is 0 Å². The van der Waals surface area contributed by atoms with E-state index in [-0.39, 0.29) is 4.91 Å². The van der Waals surface area contributed by atoms with Crippen LogP contribution in [0, 0.1) is 0 Å². The maximum atomic E-state index is 12.0. The molecule has 1 atom stereocenters. The molecule has 2 amide bonds. The summed E-state index contributed by atoms with van der Waals surface area (Å²) in [5.74, 6) is -1.52. The van der Waals surface area contributed by atoms with Gasteiger partial charge in [-0.15, -0.1) is 0 Å². The van der Waals surface area contributed by atoms with Gasteiger partial charge in [0, 0.05) is 0 Å². The molecular weight excluding hydrogens is 437 g/mol. The summed E-state index contributed by atoms with van der Waals surface area (Å²) in [6, 6.07) is 8.77. The Morgan fingerprint density at radius 3 is 2.48 bits per heavy atom. The predicted octanol–water partition coefficient (Wildman–Crippen LogP) is 4.34. The summed E-state index contributed by atoms with van der Waals surface area (Å²) in [5, 5.41) is 12.2. The first-order valence-corrected chi connectivity index (χ1v) is 9.80. The highest BCUT2D eigenvalue weighted by atomic mass is 35.5. The van der Waals surface area contributed by atoms with Gasteiger partial charge in [0.05, 0.1) is 32.3 Å². The number of aromatic nitrogens is 2. The molecule has 1 aliphatic rings. The predicted molar refractivity (Wildman–Crippen MR) is 111 cm³/mol. The van der Waals surface area contributed by atoms with Gasteiger partial charge in [-0.05, 0) is 41.1 Å². The number of fused-ring (bicyclic) bond motifs is 1. The first-order valence-electron chi connectivity index (χ1n) is 8.22. The molecule has 2 aromatic carbocycles. The third kappa shape index (κ3) is 3.74. The van der Waals surface area contributed by atoms with Gasteiger partial charge in [0.1, 0.15) is 0 Å². The monoisotopic (exact) mass is 447 g/mol. The number of rotatable bonds is 4. The number of thioether (sulfide) groups is 1. The molecule has 2 N–H and O–H groups in total. The number of imidazole rings is 1. The van der Waals surface area contributed by atoms with Gasteiger partial charge in [-0.25, -0.2) is 9.78 Å². The third-order valence-corrected chi connectivity index (χ3v) is 5.85. The normalized spacial score (nSPS) is 16.4. The number of carbonyl (C=O) groups is 3. The Bertz CT molecular complexity index is 1200. The number of nitrogens with one attached hydrogen (secondary N) is 1. The van der Waals surface area contributed by atoms with Crippen LogP contribution in [0.15, 0.2) is 47.6 Å². The van der Waals surface area contributed by atoms with E-state index < -0.39 is 23.2 Å². The number of nitrogens with zero attached hydrogens (tertiary/aromatic N) is 2. The van der Waals surface area contributed by atoms with Crippen LogP contribution in [0.4, 0.5) is 4.79 Å². The van der Waals surface area contributed by atoms with Crippen molar-refractivity contribution in [2.45, 2.75) is 6.04 Å². The Kier molecular flexibility index (Phi) is 5.08. The van der Waals surface area contributed by atoms with Crippen LogP contribution >= 0.6 is 35.0 Å². The van der Waals surface area contributed by atoms with Gasteiger partial charge >= 0.3 is 5.97 Å². The summed E-state index contributed by atoms with van der Waals surface area (Å²) in [4.78, 5) is 39.4. The first kappa shape index (κ1) is 19.5. The largest absolute Gasteiger partial charge is 0.479 e. The van der Waals surface area contributed by atoms with Crippen molar-refractivity contribution in [3.05, 3.63) is 68.8 Å². The van der Waals surface area contributed by atoms with Crippen molar-refractivity contribution < 1.29 is 19.5 Å². The Morgan fingerprint density at radius 2 is 1.86 bits per heavy atom. The molecule has 2 heterocycles. The molecule has 0 aliphatic carbocycles. The Labute approximate surface area is 178 Å². The zero-order chi connectivity index (χ0) is 20.7. The Hall–Kier alpha value is -2.81. The average molecular weight is 448 g/mol. The molecule has 146 valence electrons. The lowest BCUT2D eigenvalue weighted by molar-refractivity contribution is -0.139. The van der Waals surface area contributed by atoms with Crippen molar-refractivity contribution in [1.82, 2.24) is 14.9 Å². The van der Waals surface area contributed by atoms with Crippen LogP contribution in [0.25, 0.3) is 17.1 Å².